The Morgan fingerprint density at radius 3 is 2.46 bits per heavy atom. The monoisotopic (exact) mass is 348 g/mol. The lowest BCUT2D eigenvalue weighted by atomic mass is 10.1. The third-order valence-electron chi connectivity index (χ3n) is 3.03. The summed E-state index contributed by atoms with van der Waals surface area (Å²) in [6.45, 7) is 0.266. The van der Waals surface area contributed by atoms with Crippen LogP contribution in [0.4, 0.5) is 5.69 Å². The predicted molar refractivity (Wildman–Crippen MR) is 87.0 cm³/mol. The van der Waals surface area contributed by atoms with Crippen molar-refractivity contribution < 1.29 is 14.5 Å². The Balaban J connectivity index is 1.89. The van der Waals surface area contributed by atoms with Gasteiger partial charge >= 0.3 is 5.69 Å². The van der Waals surface area contributed by atoms with Gasteiger partial charge in [0.05, 0.1) is 10.5 Å². The molecule has 9 heteroatoms. The Morgan fingerprint density at radius 1 is 1.12 bits per heavy atom. The fraction of sp³-hybridized carbons (Fsp3) is 0.133. The van der Waals surface area contributed by atoms with Crippen molar-refractivity contribution in [3.63, 3.8) is 0 Å². The number of amides is 2. The molecule has 2 N–H and O–H groups in total. The molecule has 1 heterocycles. The van der Waals surface area contributed by atoms with E-state index in [1.165, 1.54) is 24.4 Å². The number of benzene rings is 1. The number of pyridine rings is 1. The Morgan fingerprint density at radius 2 is 1.83 bits per heavy atom. The number of aromatic nitrogens is 1. The van der Waals surface area contributed by atoms with E-state index in [0.29, 0.717) is 5.56 Å². The number of hydrogen-bond donors (Lipinski definition) is 2. The molecule has 8 nitrogen and oxygen atoms in total. The summed E-state index contributed by atoms with van der Waals surface area (Å²) in [5.74, 6) is -0.967. The highest BCUT2D eigenvalue weighted by Gasteiger charge is 2.23. The van der Waals surface area contributed by atoms with Crippen LogP contribution in [0.25, 0.3) is 0 Å². The van der Waals surface area contributed by atoms with Crippen molar-refractivity contribution in [2.24, 2.45) is 0 Å². The second-order valence-electron chi connectivity index (χ2n) is 4.65. The first-order chi connectivity index (χ1) is 11.5. The molecule has 0 atom stereocenters. The number of hydrogen-bond acceptors (Lipinski definition) is 5. The fourth-order valence-corrected chi connectivity index (χ4v) is 2.17. The van der Waals surface area contributed by atoms with E-state index < -0.39 is 16.5 Å². The Bertz CT molecular complexity index is 767. The van der Waals surface area contributed by atoms with Crippen LogP contribution in [0.3, 0.4) is 0 Å². The topological polar surface area (TPSA) is 114 Å². The summed E-state index contributed by atoms with van der Waals surface area (Å²) in [7, 11) is 0. The highest BCUT2D eigenvalue weighted by atomic mass is 35.5. The van der Waals surface area contributed by atoms with Crippen molar-refractivity contribution in [3.8, 4) is 0 Å². The standard InChI is InChI=1S/C15H13ClN4O4/c16-12-5-1-4-11(13(12)20(23)24)15(22)19-8-7-18-14(21)10-3-2-6-17-9-10/h1-6,9H,7-8H2,(H,18,21)(H,19,22). The van der Waals surface area contributed by atoms with Gasteiger partial charge < -0.3 is 10.6 Å². The van der Waals surface area contributed by atoms with Crippen LogP contribution in [0.15, 0.2) is 42.7 Å². The number of carbonyl (C=O) groups excluding carboxylic acids is 2. The lowest BCUT2D eigenvalue weighted by Gasteiger charge is -2.08. The molecule has 0 fully saturated rings. The van der Waals surface area contributed by atoms with Crippen molar-refractivity contribution in [2.45, 2.75) is 0 Å². The first-order valence-electron chi connectivity index (χ1n) is 6.90. The smallest absolute Gasteiger partial charge is 0.300 e. The predicted octanol–water partition coefficient (Wildman–Crippen LogP) is 1.80. The van der Waals surface area contributed by atoms with Crippen molar-refractivity contribution in [2.75, 3.05) is 13.1 Å². The molecule has 0 saturated heterocycles. The van der Waals surface area contributed by atoms with Crippen molar-refractivity contribution in [1.82, 2.24) is 15.6 Å². The largest absolute Gasteiger partial charge is 0.350 e. The van der Waals surface area contributed by atoms with Crippen molar-refractivity contribution in [3.05, 3.63) is 69.0 Å². The quantitative estimate of drug-likeness (QED) is 0.469. The van der Waals surface area contributed by atoms with E-state index >= 15 is 0 Å². The third kappa shape index (κ3) is 4.26. The van der Waals surface area contributed by atoms with Gasteiger partial charge in [0.2, 0.25) is 0 Å². The second kappa shape index (κ2) is 8.02. The van der Waals surface area contributed by atoms with Gasteiger partial charge in [-0.15, -0.1) is 0 Å². The molecule has 2 amide bonds. The van der Waals surface area contributed by atoms with Gasteiger partial charge in [-0.2, -0.15) is 0 Å². The Labute approximate surface area is 142 Å². The van der Waals surface area contributed by atoms with Crippen LogP contribution in [-0.2, 0) is 0 Å². The average molecular weight is 349 g/mol. The van der Waals surface area contributed by atoms with Gasteiger partial charge in [-0.1, -0.05) is 17.7 Å². The molecule has 0 spiro atoms. The number of rotatable bonds is 6. The van der Waals surface area contributed by atoms with E-state index in [1.54, 1.807) is 18.3 Å². The zero-order valence-electron chi connectivity index (χ0n) is 12.4. The molecule has 0 saturated carbocycles. The minimum atomic E-state index is -0.707. The van der Waals surface area contributed by atoms with Crippen LogP contribution in [-0.4, -0.2) is 34.8 Å². The summed E-state index contributed by atoms with van der Waals surface area (Å²) >= 11 is 5.75. The minimum absolute atomic E-state index is 0.106. The molecule has 1 aromatic carbocycles. The molecule has 0 radical (unpaired) electrons. The number of carbonyl (C=O) groups is 2. The normalized spacial score (nSPS) is 10.0. The molecule has 0 bridgehead atoms. The molecule has 0 aliphatic carbocycles. The summed E-state index contributed by atoms with van der Waals surface area (Å²) < 4.78 is 0. The summed E-state index contributed by atoms with van der Waals surface area (Å²) in [6, 6.07) is 7.35. The van der Waals surface area contributed by atoms with Gasteiger partial charge in [0.15, 0.2) is 0 Å². The summed E-state index contributed by atoms with van der Waals surface area (Å²) in [5.41, 5.74) is -0.184. The summed E-state index contributed by atoms with van der Waals surface area (Å²) in [5, 5.41) is 16.0. The highest BCUT2D eigenvalue weighted by molar-refractivity contribution is 6.33. The van der Waals surface area contributed by atoms with Gasteiger partial charge in [0.1, 0.15) is 10.6 Å². The first kappa shape index (κ1) is 17.4. The maximum atomic E-state index is 12.0. The van der Waals surface area contributed by atoms with Crippen molar-refractivity contribution >= 4 is 29.1 Å². The second-order valence-corrected chi connectivity index (χ2v) is 5.05. The van der Waals surface area contributed by atoms with Crippen LogP contribution in [0.5, 0.6) is 0 Å². The number of para-hydroxylation sites is 1. The van der Waals surface area contributed by atoms with Gasteiger partial charge in [-0.3, -0.25) is 24.7 Å². The number of nitro benzene ring substituents is 1. The molecule has 124 valence electrons. The van der Waals surface area contributed by atoms with E-state index in [2.05, 4.69) is 15.6 Å². The maximum Gasteiger partial charge on any atom is 0.300 e. The average Bonchev–Trinajstić information content (AvgIpc) is 2.58. The molecule has 24 heavy (non-hydrogen) atoms. The zero-order chi connectivity index (χ0) is 17.5. The van der Waals surface area contributed by atoms with Crippen LogP contribution in [0, 0.1) is 10.1 Å². The van der Waals surface area contributed by atoms with E-state index in [1.807, 2.05) is 0 Å². The summed E-state index contributed by atoms with van der Waals surface area (Å²) in [6.07, 6.45) is 2.97. The highest BCUT2D eigenvalue weighted by Crippen LogP contribution is 2.27. The Hall–Kier alpha value is -3.00. The number of halogens is 1. The van der Waals surface area contributed by atoms with Crippen LogP contribution in [0.2, 0.25) is 5.02 Å². The van der Waals surface area contributed by atoms with Gasteiger partial charge in [-0.25, -0.2) is 0 Å². The third-order valence-corrected chi connectivity index (χ3v) is 3.34. The molecule has 2 rings (SSSR count). The number of nitrogens with one attached hydrogen (secondary N) is 2. The molecular formula is C15H13ClN4O4. The van der Waals surface area contributed by atoms with Crippen molar-refractivity contribution in [1.29, 1.82) is 0 Å². The molecule has 1 aromatic heterocycles. The first-order valence-corrected chi connectivity index (χ1v) is 7.28. The molecule has 0 aliphatic rings. The maximum absolute atomic E-state index is 12.0. The zero-order valence-corrected chi connectivity index (χ0v) is 13.1. The van der Waals surface area contributed by atoms with Crippen LogP contribution in [0.1, 0.15) is 20.7 Å². The van der Waals surface area contributed by atoms with Crippen LogP contribution >= 0.6 is 11.6 Å². The lowest BCUT2D eigenvalue weighted by molar-refractivity contribution is -0.385. The Kier molecular flexibility index (Phi) is 5.80. The molecule has 2 aromatic rings. The van der Waals surface area contributed by atoms with Gasteiger partial charge in [-0.05, 0) is 24.3 Å². The summed E-state index contributed by atoms with van der Waals surface area (Å²) in [4.78, 5) is 37.9. The van der Waals surface area contributed by atoms with E-state index in [0.717, 1.165) is 0 Å². The SMILES string of the molecule is O=C(NCCNC(=O)c1cccc(Cl)c1[N+](=O)[O-])c1cccnc1. The number of nitro groups is 1. The van der Waals surface area contributed by atoms with Gasteiger partial charge in [0, 0.05) is 25.5 Å². The van der Waals surface area contributed by atoms with E-state index in [9.17, 15) is 19.7 Å². The van der Waals surface area contributed by atoms with E-state index in [4.69, 9.17) is 11.6 Å². The molecule has 0 unspecified atom stereocenters. The minimum Gasteiger partial charge on any atom is -0.350 e. The molecule has 0 aliphatic heterocycles. The van der Waals surface area contributed by atoms with Gasteiger partial charge in [0.25, 0.3) is 11.8 Å². The lowest BCUT2D eigenvalue weighted by Crippen LogP contribution is -2.35. The van der Waals surface area contributed by atoms with Crippen LogP contribution < -0.4 is 10.6 Å². The molecular weight excluding hydrogens is 336 g/mol. The number of nitrogens with zero attached hydrogens (tertiary/aromatic N) is 2. The fourth-order valence-electron chi connectivity index (χ4n) is 1.93. The van der Waals surface area contributed by atoms with E-state index in [-0.39, 0.29) is 29.6 Å².